The predicted octanol–water partition coefficient (Wildman–Crippen LogP) is 3.28. The number of carbonyl (C=O) groups is 1. The first-order chi connectivity index (χ1) is 9.22. The van der Waals surface area contributed by atoms with Crippen molar-refractivity contribution in [3.63, 3.8) is 0 Å². The summed E-state index contributed by atoms with van der Waals surface area (Å²) in [6.07, 6.45) is 2.72. The van der Waals surface area contributed by atoms with Gasteiger partial charge in [0.25, 0.3) is 0 Å². The highest BCUT2D eigenvalue weighted by molar-refractivity contribution is 7.15. The van der Waals surface area contributed by atoms with Crippen molar-refractivity contribution in [3.05, 3.63) is 47.1 Å². The van der Waals surface area contributed by atoms with E-state index in [0.29, 0.717) is 11.5 Å². The van der Waals surface area contributed by atoms with Gasteiger partial charge in [-0.2, -0.15) is 0 Å². The summed E-state index contributed by atoms with van der Waals surface area (Å²) in [7, 11) is 1.93. The normalized spacial score (nSPS) is 10.8. The van der Waals surface area contributed by atoms with Crippen LogP contribution in [0.15, 0.2) is 35.8 Å². The monoisotopic (exact) mass is 271 g/mol. The molecule has 0 amide bonds. The number of fused-ring (bicyclic) bond motifs is 1. The lowest BCUT2D eigenvalue weighted by Gasteiger charge is -2.19. The Morgan fingerprint density at radius 1 is 1.37 bits per heavy atom. The fraction of sp³-hybridized carbons (Fsp3) is 0.143. The number of para-hydroxylation sites is 1. The lowest BCUT2D eigenvalue weighted by atomic mass is 10.2. The van der Waals surface area contributed by atoms with Crippen molar-refractivity contribution in [3.8, 4) is 0 Å². The van der Waals surface area contributed by atoms with Gasteiger partial charge >= 0.3 is 0 Å². The highest BCUT2D eigenvalue weighted by Gasteiger charge is 2.17. The number of benzene rings is 1. The van der Waals surface area contributed by atoms with E-state index in [1.54, 1.807) is 0 Å². The summed E-state index contributed by atoms with van der Waals surface area (Å²) < 4.78 is 1.82. The van der Waals surface area contributed by atoms with Crippen molar-refractivity contribution in [2.75, 3.05) is 11.9 Å². The van der Waals surface area contributed by atoms with Crippen molar-refractivity contribution in [2.45, 2.75) is 6.92 Å². The molecule has 0 aliphatic carbocycles. The van der Waals surface area contributed by atoms with Gasteiger partial charge in [-0.15, -0.1) is 11.3 Å². The summed E-state index contributed by atoms with van der Waals surface area (Å²) in [5.41, 5.74) is 2.79. The van der Waals surface area contributed by atoms with Gasteiger partial charge in [-0.05, 0) is 18.6 Å². The van der Waals surface area contributed by atoms with E-state index >= 15 is 0 Å². The van der Waals surface area contributed by atoms with Crippen LogP contribution in [0.2, 0.25) is 0 Å². The van der Waals surface area contributed by atoms with Gasteiger partial charge in [0.15, 0.2) is 17.1 Å². The highest BCUT2D eigenvalue weighted by atomic mass is 32.1. The molecule has 0 aliphatic rings. The highest BCUT2D eigenvalue weighted by Crippen LogP contribution is 2.29. The lowest BCUT2D eigenvalue weighted by molar-refractivity contribution is 0.111. The molecular formula is C14H13N3OS. The Morgan fingerprint density at radius 2 is 2.16 bits per heavy atom. The number of aromatic nitrogens is 2. The standard InChI is InChI=1S/C14H13N3OS/c1-10-5-3-4-6-11(10)16(2)13-12(9-18)17-7-8-19-14(17)15-13/h3-9H,1-2H3. The van der Waals surface area contributed by atoms with E-state index in [9.17, 15) is 4.79 Å². The number of carbonyl (C=O) groups excluding carboxylic acids is 1. The summed E-state index contributed by atoms with van der Waals surface area (Å²) in [4.78, 5) is 18.7. The zero-order valence-electron chi connectivity index (χ0n) is 10.7. The van der Waals surface area contributed by atoms with Crippen LogP contribution in [0.3, 0.4) is 0 Å². The SMILES string of the molecule is Cc1ccccc1N(C)c1nc2sccn2c1C=O. The summed E-state index contributed by atoms with van der Waals surface area (Å²) in [6.45, 7) is 2.05. The maximum Gasteiger partial charge on any atom is 0.196 e. The largest absolute Gasteiger partial charge is 0.327 e. The topological polar surface area (TPSA) is 37.6 Å². The lowest BCUT2D eigenvalue weighted by Crippen LogP contribution is -2.13. The van der Waals surface area contributed by atoms with Crippen molar-refractivity contribution in [1.29, 1.82) is 0 Å². The van der Waals surface area contributed by atoms with Crippen LogP contribution in [0.5, 0.6) is 0 Å². The Kier molecular flexibility index (Phi) is 2.83. The molecule has 0 radical (unpaired) electrons. The van der Waals surface area contributed by atoms with Crippen LogP contribution in [-0.2, 0) is 0 Å². The van der Waals surface area contributed by atoms with E-state index in [1.807, 2.05) is 59.1 Å². The number of nitrogens with zero attached hydrogens (tertiary/aromatic N) is 3. The van der Waals surface area contributed by atoms with E-state index in [-0.39, 0.29) is 0 Å². The number of anilines is 2. The minimum atomic E-state index is 0.585. The van der Waals surface area contributed by atoms with Crippen LogP contribution < -0.4 is 4.90 Å². The minimum absolute atomic E-state index is 0.585. The summed E-state index contributed by atoms with van der Waals surface area (Å²) >= 11 is 1.52. The molecule has 0 saturated carbocycles. The average molecular weight is 271 g/mol. The Morgan fingerprint density at radius 3 is 2.89 bits per heavy atom. The molecule has 0 fully saturated rings. The van der Waals surface area contributed by atoms with Crippen LogP contribution in [-0.4, -0.2) is 22.7 Å². The number of hydrogen-bond donors (Lipinski definition) is 0. The van der Waals surface area contributed by atoms with Crippen LogP contribution in [0, 0.1) is 6.92 Å². The number of hydrogen-bond acceptors (Lipinski definition) is 4. The van der Waals surface area contributed by atoms with Crippen LogP contribution in [0.1, 0.15) is 16.1 Å². The zero-order chi connectivity index (χ0) is 13.4. The molecule has 4 nitrogen and oxygen atoms in total. The van der Waals surface area contributed by atoms with Crippen LogP contribution in [0.25, 0.3) is 4.96 Å². The molecule has 19 heavy (non-hydrogen) atoms. The molecular weight excluding hydrogens is 258 g/mol. The van der Waals surface area contributed by atoms with Gasteiger partial charge in [0.1, 0.15) is 5.69 Å². The van der Waals surface area contributed by atoms with Crippen molar-refractivity contribution in [2.24, 2.45) is 0 Å². The molecule has 0 N–H and O–H groups in total. The van der Waals surface area contributed by atoms with Crippen molar-refractivity contribution < 1.29 is 4.79 Å². The molecule has 96 valence electrons. The molecule has 2 heterocycles. The third-order valence-electron chi connectivity index (χ3n) is 3.19. The molecule has 0 saturated heterocycles. The maximum absolute atomic E-state index is 11.3. The number of rotatable bonds is 3. The van der Waals surface area contributed by atoms with E-state index in [2.05, 4.69) is 4.98 Å². The quantitative estimate of drug-likeness (QED) is 0.686. The van der Waals surface area contributed by atoms with E-state index in [0.717, 1.165) is 22.5 Å². The molecule has 3 aromatic rings. The number of thiazole rings is 1. The van der Waals surface area contributed by atoms with Gasteiger partial charge in [0, 0.05) is 24.3 Å². The Hall–Kier alpha value is -2.14. The predicted molar refractivity (Wildman–Crippen MR) is 77.7 cm³/mol. The second-order valence-corrected chi connectivity index (χ2v) is 5.21. The summed E-state index contributed by atoms with van der Waals surface area (Å²) in [5, 5.41) is 1.92. The van der Waals surface area contributed by atoms with E-state index in [4.69, 9.17) is 0 Å². The van der Waals surface area contributed by atoms with E-state index < -0.39 is 0 Å². The first-order valence-electron chi connectivity index (χ1n) is 5.92. The molecule has 0 unspecified atom stereocenters. The fourth-order valence-corrected chi connectivity index (χ4v) is 2.92. The van der Waals surface area contributed by atoms with Crippen LogP contribution >= 0.6 is 11.3 Å². The van der Waals surface area contributed by atoms with Gasteiger partial charge in [0.05, 0.1) is 0 Å². The summed E-state index contributed by atoms with van der Waals surface area (Å²) in [5.74, 6) is 0.691. The molecule has 5 heteroatoms. The zero-order valence-corrected chi connectivity index (χ0v) is 11.5. The third kappa shape index (κ3) is 1.82. The molecule has 0 spiro atoms. The van der Waals surface area contributed by atoms with Crippen LogP contribution in [0.4, 0.5) is 11.5 Å². The van der Waals surface area contributed by atoms with Crippen molar-refractivity contribution in [1.82, 2.24) is 9.38 Å². The molecule has 0 bridgehead atoms. The van der Waals surface area contributed by atoms with Crippen molar-refractivity contribution >= 4 is 34.1 Å². The Bertz CT molecular complexity index is 744. The summed E-state index contributed by atoms with van der Waals surface area (Å²) in [6, 6.07) is 8.05. The molecule has 0 atom stereocenters. The number of aldehydes is 1. The van der Waals surface area contributed by atoms with Gasteiger partial charge in [-0.25, -0.2) is 4.98 Å². The first-order valence-corrected chi connectivity index (χ1v) is 6.80. The molecule has 3 rings (SSSR count). The Labute approximate surface area is 114 Å². The van der Waals surface area contributed by atoms with Gasteiger partial charge < -0.3 is 4.90 Å². The minimum Gasteiger partial charge on any atom is -0.327 e. The molecule has 1 aromatic carbocycles. The number of aryl methyl sites for hydroxylation is 1. The van der Waals surface area contributed by atoms with E-state index in [1.165, 1.54) is 11.3 Å². The Balaban J connectivity index is 2.16. The number of imidazole rings is 1. The maximum atomic E-state index is 11.3. The fourth-order valence-electron chi connectivity index (χ4n) is 2.20. The van der Waals surface area contributed by atoms with Gasteiger partial charge in [-0.1, -0.05) is 18.2 Å². The second-order valence-electron chi connectivity index (χ2n) is 4.34. The van der Waals surface area contributed by atoms with Gasteiger partial charge in [-0.3, -0.25) is 9.20 Å². The third-order valence-corrected chi connectivity index (χ3v) is 3.94. The average Bonchev–Trinajstić information content (AvgIpc) is 2.98. The van der Waals surface area contributed by atoms with Gasteiger partial charge in [0.2, 0.25) is 0 Å². The molecule has 2 aromatic heterocycles. The first kappa shape index (κ1) is 11.9. The molecule has 0 aliphatic heterocycles. The smallest absolute Gasteiger partial charge is 0.196 e. The second kappa shape index (κ2) is 4.51.